The molecule has 0 unspecified atom stereocenters. The number of H-pyrrole nitrogens is 2. The fraction of sp³-hybridized carbons (Fsp3) is 0.0769. The average molecular weight is 273 g/mol. The van der Waals surface area contributed by atoms with Crippen molar-refractivity contribution in [3.8, 4) is 0 Å². The molecule has 0 saturated heterocycles. The van der Waals surface area contributed by atoms with Crippen LogP contribution in [0.25, 0.3) is 0 Å². The minimum atomic E-state index is -0.502. The number of nitrogens with zero attached hydrogens (tertiary/aromatic N) is 1. The van der Waals surface area contributed by atoms with E-state index < -0.39 is 5.69 Å². The largest absolute Gasteiger partial charge is 0.327 e. The minimum Gasteiger partial charge on any atom is -0.322 e. The molecular formula is C13H11N3O2S. The normalized spacial score (nSPS) is 12.7. The van der Waals surface area contributed by atoms with Crippen molar-refractivity contribution >= 4 is 23.3 Å². The smallest absolute Gasteiger partial charge is 0.322 e. The summed E-state index contributed by atoms with van der Waals surface area (Å²) < 4.78 is 0. The van der Waals surface area contributed by atoms with E-state index in [2.05, 4.69) is 16.5 Å². The van der Waals surface area contributed by atoms with Gasteiger partial charge in [-0.05, 0) is 12.1 Å². The number of hydrogen-bond acceptors (Lipinski definition) is 4. The third-order valence-electron chi connectivity index (χ3n) is 2.83. The molecule has 2 N–H and O–H groups in total. The van der Waals surface area contributed by atoms with Crippen LogP contribution in [0.2, 0.25) is 0 Å². The van der Waals surface area contributed by atoms with Crippen molar-refractivity contribution in [1.82, 2.24) is 9.97 Å². The molecule has 0 bridgehead atoms. The lowest BCUT2D eigenvalue weighted by Gasteiger charge is -2.30. The van der Waals surface area contributed by atoms with Gasteiger partial charge in [-0.3, -0.25) is 14.8 Å². The first-order chi connectivity index (χ1) is 9.20. The van der Waals surface area contributed by atoms with Crippen LogP contribution in [0.1, 0.15) is 0 Å². The Morgan fingerprint density at radius 1 is 1.26 bits per heavy atom. The number of para-hydroxylation sites is 1. The van der Waals surface area contributed by atoms with Gasteiger partial charge in [0.05, 0.1) is 5.69 Å². The monoisotopic (exact) mass is 273 g/mol. The van der Waals surface area contributed by atoms with Crippen LogP contribution < -0.4 is 16.1 Å². The summed E-state index contributed by atoms with van der Waals surface area (Å²) in [5.41, 5.74) is 0.0891. The summed E-state index contributed by atoms with van der Waals surface area (Å²) in [5, 5.41) is 0. The van der Waals surface area contributed by atoms with Crippen molar-refractivity contribution < 1.29 is 0 Å². The van der Waals surface area contributed by atoms with E-state index in [0.29, 0.717) is 17.3 Å². The Balaban J connectivity index is 2.28. The van der Waals surface area contributed by atoms with Gasteiger partial charge in [-0.1, -0.05) is 30.0 Å². The topological polar surface area (TPSA) is 69.0 Å². The molecule has 19 heavy (non-hydrogen) atoms. The summed E-state index contributed by atoms with van der Waals surface area (Å²) >= 11 is 1.36. The molecule has 0 spiro atoms. The molecule has 1 aromatic heterocycles. The molecule has 96 valence electrons. The second kappa shape index (κ2) is 4.47. The molecule has 0 fully saturated rings. The second-order valence-corrected chi connectivity index (χ2v) is 5.11. The van der Waals surface area contributed by atoms with Gasteiger partial charge in [0.1, 0.15) is 10.7 Å². The Morgan fingerprint density at radius 3 is 2.84 bits per heavy atom. The molecule has 3 rings (SSSR count). The van der Waals surface area contributed by atoms with Gasteiger partial charge in [-0.25, -0.2) is 4.79 Å². The number of benzene rings is 1. The van der Waals surface area contributed by atoms with Gasteiger partial charge in [0.15, 0.2) is 0 Å². The highest BCUT2D eigenvalue weighted by molar-refractivity contribution is 7.99. The quantitative estimate of drug-likeness (QED) is 0.819. The van der Waals surface area contributed by atoms with Gasteiger partial charge in [0.25, 0.3) is 5.56 Å². The second-order valence-electron chi connectivity index (χ2n) is 4.06. The lowest BCUT2D eigenvalue weighted by Crippen LogP contribution is -2.31. The van der Waals surface area contributed by atoms with Gasteiger partial charge < -0.3 is 4.90 Å². The van der Waals surface area contributed by atoms with Crippen molar-refractivity contribution in [2.45, 2.75) is 9.79 Å². The first-order valence-electron chi connectivity index (χ1n) is 5.72. The molecule has 0 saturated carbocycles. The molecule has 1 aromatic carbocycles. The Labute approximate surface area is 113 Å². The van der Waals surface area contributed by atoms with E-state index >= 15 is 0 Å². The molecule has 5 nitrogen and oxygen atoms in total. The Kier molecular flexibility index (Phi) is 2.79. The van der Waals surface area contributed by atoms with Gasteiger partial charge in [0.2, 0.25) is 0 Å². The highest BCUT2D eigenvalue weighted by Crippen LogP contribution is 2.44. The van der Waals surface area contributed by atoms with Crippen LogP contribution in [0, 0.1) is 0 Å². The third-order valence-corrected chi connectivity index (χ3v) is 3.98. The lowest BCUT2D eigenvalue weighted by molar-refractivity contribution is 0.906. The van der Waals surface area contributed by atoms with Gasteiger partial charge in [-0.2, -0.15) is 0 Å². The van der Waals surface area contributed by atoms with Gasteiger partial charge in [-0.15, -0.1) is 6.58 Å². The highest BCUT2D eigenvalue weighted by atomic mass is 32.2. The van der Waals surface area contributed by atoms with Crippen molar-refractivity contribution in [3.63, 3.8) is 0 Å². The van der Waals surface area contributed by atoms with Crippen LogP contribution in [0.4, 0.5) is 11.5 Å². The summed E-state index contributed by atoms with van der Waals surface area (Å²) in [6, 6.07) is 7.74. The maximum atomic E-state index is 11.9. The van der Waals surface area contributed by atoms with Crippen LogP contribution in [-0.2, 0) is 0 Å². The third kappa shape index (κ3) is 1.90. The summed E-state index contributed by atoms with van der Waals surface area (Å²) in [7, 11) is 0. The number of fused-ring (bicyclic) bond motifs is 2. The standard InChI is InChI=1S/C13H11N3O2S/c1-2-7-16-8-5-3-4-6-9(8)19-10-11(16)14-13(18)15-12(10)17/h2-6H,1,7H2,(H2,14,15,17,18). The van der Waals surface area contributed by atoms with E-state index in [1.54, 1.807) is 6.08 Å². The number of hydrogen-bond donors (Lipinski definition) is 2. The fourth-order valence-electron chi connectivity index (χ4n) is 2.06. The Bertz CT molecular complexity index is 763. The van der Waals surface area contributed by atoms with E-state index in [9.17, 15) is 9.59 Å². The molecule has 0 aliphatic carbocycles. The number of anilines is 2. The van der Waals surface area contributed by atoms with E-state index in [4.69, 9.17) is 0 Å². The van der Waals surface area contributed by atoms with E-state index in [0.717, 1.165) is 10.6 Å². The number of aromatic amines is 2. The van der Waals surface area contributed by atoms with E-state index in [1.165, 1.54) is 11.8 Å². The summed E-state index contributed by atoms with van der Waals surface area (Å²) in [6.45, 7) is 4.24. The molecule has 2 heterocycles. The van der Waals surface area contributed by atoms with Gasteiger partial charge >= 0.3 is 5.69 Å². The zero-order valence-electron chi connectivity index (χ0n) is 9.97. The van der Waals surface area contributed by atoms with Crippen LogP contribution in [0.5, 0.6) is 0 Å². The Hall–Kier alpha value is -2.21. The summed E-state index contributed by atoms with van der Waals surface area (Å²) in [6.07, 6.45) is 1.73. The molecular weight excluding hydrogens is 262 g/mol. The molecule has 1 aliphatic heterocycles. The molecule has 2 aromatic rings. The fourth-order valence-corrected chi connectivity index (χ4v) is 3.11. The predicted octanol–water partition coefficient (Wildman–Crippen LogP) is 1.85. The molecule has 0 atom stereocenters. The zero-order valence-corrected chi connectivity index (χ0v) is 10.8. The van der Waals surface area contributed by atoms with Crippen molar-refractivity contribution in [2.75, 3.05) is 11.4 Å². The van der Waals surface area contributed by atoms with E-state index in [1.807, 2.05) is 29.2 Å². The van der Waals surface area contributed by atoms with Crippen molar-refractivity contribution in [1.29, 1.82) is 0 Å². The van der Waals surface area contributed by atoms with Crippen molar-refractivity contribution in [2.24, 2.45) is 0 Å². The minimum absolute atomic E-state index is 0.368. The van der Waals surface area contributed by atoms with Gasteiger partial charge in [0, 0.05) is 11.4 Å². The first kappa shape index (κ1) is 11.9. The van der Waals surface area contributed by atoms with Crippen LogP contribution in [-0.4, -0.2) is 16.5 Å². The maximum absolute atomic E-state index is 11.9. The average Bonchev–Trinajstić information content (AvgIpc) is 2.40. The first-order valence-corrected chi connectivity index (χ1v) is 6.54. The molecule has 6 heteroatoms. The molecule has 1 aliphatic rings. The van der Waals surface area contributed by atoms with Crippen LogP contribution in [0.3, 0.4) is 0 Å². The van der Waals surface area contributed by atoms with Crippen molar-refractivity contribution in [3.05, 3.63) is 57.8 Å². The SMILES string of the molecule is C=CCN1c2ccccc2Sc2c1[nH]c(=O)[nH]c2=O. The molecule has 0 amide bonds. The summed E-state index contributed by atoms with van der Waals surface area (Å²) in [4.78, 5) is 31.6. The zero-order chi connectivity index (χ0) is 13.4. The summed E-state index contributed by atoms with van der Waals surface area (Å²) in [5.74, 6) is 0.525. The number of rotatable bonds is 2. The predicted molar refractivity (Wildman–Crippen MR) is 75.5 cm³/mol. The Morgan fingerprint density at radius 2 is 2.05 bits per heavy atom. The van der Waals surface area contributed by atoms with E-state index in [-0.39, 0.29) is 5.56 Å². The maximum Gasteiger partial charge on any atom is 0.327 e. The highest BCUT2D eigenvalue weighted by Gasteiger charge is 2.25. The number of nitrogens with one attached hydrogen (secondary N) is 2. The van der Waals surface area contributed by atoms with Crippen LogP contribution in [0.15, 0.2) is 56.3 Å². The number of aromatic nitrogens is 2. The lowest BCUT2D eigenvalue weighted by atomic mass is 10.2. The van der Waals surface area contributed by atoms with Crippen LogP contribution >= 0.6 is 11.8 Å². The molecule has 0 radical (unpaired) electrons.